The highest BCUT2D eigenvalue weighted by molar-refractivity contribution is 5.82. The van der Waals surface area contributed by atoms with Crippen LogP contribution in [-0.2, 0) is 11.3 Å². The van der Waals surface area contributed by atoms with E-state index in [-0.39, 0.29) is 18.0 Å². The molecule has 26 heavy (non-hydrogen) atoms. The van der Waals surface area contributed by atoms with Crippen LogP contribution in [0.1, 0.15) is 18.4 Å². The third-order valence-corrected chi connectivity index (χ3v) is 5.54. The molecule has 130 valence electrons. The first-order chi connectivity index (χ1) is 12.8. The summed E-state index contributed by atoms with van der Waals surface area (Å²) in [6.07, 6.45) is 3.40. The monoisotopic (exact) mass is 344 g/mol. The first-order valence-corrected chi connectivity index (χ1v) is 9.11. The standard InChI is InChI=1S/C21H20N4O/c26-20-12-19-18(25(20)14-15-6-2-1-3-7-15)10-11-24(19)21-22-13-16-8-4-5-9-17(16)23-21/h1-9,13,18-19H,10-12,14H2/t18-,19-/m0/s1. The first-order valence-electron chi connectivity index (χ1n) is 9.11. The van der Waals surface area contributed by atoms with Crippen LogP contribution in [-0.4, -0.2) is 39.4 Å². The summed E-state index contributed by atoms with van der Waals surface area (Å²) in [6, 6.07) is 18.7. The average Bonchev–Trinajstić information content (AvgIpc) is 3.22. The highest BCUT2D eigenvalue weighted by Gasteiger charge is 2.47. The minimum absolute atomic E-state index is 0.173. The molecule has 1 amide bonds. The number of nitrogens with zero attached hydrogens (tertiary/aromatic N) is 4. The van der Waals surface area contributed by atoms with E-state index in [1.54, 1.807) is 0 Å². The smallest absolute Gasteiger partial charge is 0.226 e. The van der Waals surface area contributed by atoms with Crippen molar-refractivity contribution in [2.45, 2.75) is 31.5 Å². The van der Waals surface area contributed by atoms with Crippen LogP contribution >= 0.6 is 0 Å². The molecule has 5 heteroatoms. The highest BCUT2D eigenvalue weighted by Crippen LogP contribution is 2.35. The predicted molar refractivity (Wildman–Crippen MR) is 101 cm³/mol. The van der Waals surface area contributed by atoms with Crippen LogP contribution in [0.15, 0.2) is 60.8 Å². The van der Waals surface area contributed by atoms with Gasteiger partial charge in [-0.1, -0.05) is 48.5 Å². The van der Waals surface area contributed by atoms with Crippen LogP contribution < -0.4 is 4.90 Å². The van der Waals surface area contributed by atoms with Gasteiger partial charge in [0.15, 0.2) is 0 Å². The number of amides is 1. The first kappa shape index (κ1) is 15.3. The van der Waals surface area contributed by atoms with Gasteiger partial charge in [0, 0.05) is 31.1 Å². The van der Waals surface area contributed by atoms with Crippen LogP contribution in [0.2, 0.25) is 0 Å². The van der Waals surface area contributed by atoms with Crippen LogP contribution in [0.25, 0.3) is 10.9 Å². The molecule has 5 nitrogen and oxygen atoms in total. The third kappa shape index (κ3) is 2.51. The van der Waals surface area contributed by atoms with E-state index in [4.69, 9.17) is 4.98 Å². The number of hydrogen-bond donors (Lipinski definition) is 0. The fourth-order valence-electron chi connectivity index (χ4n) is 4.26. The molecule has 0 bridgehead atoms. The molecule has 2 atom stereocenters. The lowest BCUT2D eigenvalue weighted by atomic mass is 10.1. The summed E-state index contributed by atoms with van der Waals surface area (Å²) < 4.78 is 0. The maximum absolute atomic E-state index is 12.6. The fraction of sp³-hybridized carbons (Fsp3) is 0.286. The van der Waals surface area contributed by atoms with Gasteiger partial charge < -0.3 is 9.80 Å². The minimum atomic E-state index is 0.173. The Balaban J connectivity index is 1.41. The van der Waals surface area contributed by atoms with Crippen molar-refractivity contribution in [1.29, 1.82) is 0 Å². The second-order valence-corrected chi connectivity index (χ2v) is 7.06. The molecule has 3 heterocycles. The molecule has 3 aromatic rings. The number of carbonyl (C=O) groups excluding carboxylic acids is 1. The van der Waals surface area contributed by atoms with E-state index in [0.717, 1.165) is 29.8 Å². The molecule has 2 aliphatic rings. The minimum Gasteiger partial charge on any atom is -0.335 e. The predicted octanol–water partition coefficient (Wildman–Crippen LogP) is 3.01. The quantitative estimate of drug-likeness (QED) is 0.733. The van der Waals surface area contributed by atoms with Gasteiger partial charge in [-0.15, -0.1) is 0 Å². The number of fused-ring (bicyclic) bond motifs is 2. The molecule has 0 saturated carbocycles. The molecule has 5 rings (SSSR count). The molecule has 2 aromatic carbocycles. The van der Waals surface area contributed by atoms with Crippen LogP contribution in [0, 0.1) is 0 Å². The second-order valence-electron chi connectivity index (χ2n) is 7.06. The van der Waals surface area contributed by atoms with E-state index >= 15 is 0 Å². The maximum atomic E-state index is 12.6. The highest BCUT2D eigenvalue weighted by atomic mass is 16.2. The van der Waals surface area contributed by atoms with Gasteiger partial charge in [-0.25, -0.2) is 9.97 Å². The van der Waals surface area contributed by atoms with Crippen LogP contribution in [0.3, 0.4) is 0 Å². The molecule has 2 saturated heterocycles. The molecule has 2 aliphatic heterocycles. The Morgan fingerprint density at radius 2 is 1.81 bits per heavy atom. The zero-order valence-electron chi connectivity index (χ0n) is 14.5. The second kappa shape index (κ2) is 6.09. The molecular weight excluding hydrogens is 324 g/mol. The number of para-hydroxylation sites is 1. The summed E-state index contributed by atoms with van der Waals surface area (Å²) in [4.78, 5) is 26.2. The van der Waals surface area contributed by atoms with Gasteiger partial charge in [-0.3, -0.25) is 4.79 Å². The number of likely N-dealkylation sites (tertiary alicyclic amines) is 1. The van der Waals surface area contributed by atoms with Crippen molar-refractivity contribution in [3.8, 4) is 0 Å². The molecule has 0 spiro atoms. The fourth-order valence-corrected chi connectivity index (χ4v) is 4.26. The van der Waals surface area contributed by atoms with E-state index in [1.807, 2.05) is 53.6 Å². The lowest BCUT2D eigenvalue weighted by Crippen LogP contribution is -2.37. The van der Waals surface area contributed by atoms with Crippen molar-refractivity contribution in [3.63, 3.8) is 0 Å². The van der Waals surface area contributed by atoms with Gasteiger partial charge in [0.1, 0.15) is 0 Å². The Morgan fingerprint density at radius 3 is 2.69 bits per heavy atom. The van der Waals surface area contributed by atoms with Crippen LogP contribution in [0.4, 0.5) is 5.95 Å². The van der Waals surface area contributed by atoms with E-state index in [2.05, 4.69) is 22.0 Å². The van der Waals surface area contributed by atoms with E-state index in [9.17, 15) is 4.79 Å². The van der Waals surface area contributed by atoms with Crippen molar-refractivity contribution < 1.29 is 4.79 Å². The van der Waals surface area contributed by atoms with Gasteiger partial charge in [0.05, 0.1) is 17.6 Å². The Labute approximate surface area is 152 Å². The maximum Gasteiger partial charge on any atom is 0.226 e. The lowest BCUT2D eigenvalue weighted by Gasteiger charge is -2.25. The van der Waals surface area contributed by atoms with Gasteiger partial charge in [0.2, 0.25) is 11.9 Å². The summed E-state index contributed by atoms with van der Waals surface area (Å²) in [5, 5.41) is 1.04. The normalized spacial score (nSPS) is 22.2. The number of anilines is 1. The van der Waals surface area contributed by atoms with E-state index in [1.165, 1.54) is 5.56 Å². The van der Waals surface area contributed by atoms with E-state index in [0.29, 0.717) is 13.0 Å². The lowest BCUT2D eigenvalue weighted by molar-refractivity contribution is -0.129. The van der Waals surface area contributed by atoms with Crippen molar-refractivity contribution in [3.05, 3.63) is 66.4 Å². The number of hydrogen-bond acceptors (Lipinski definition) is 4. The summed E-state index contributed by atoms with van der Waals surface area (Å²) in [6.45, 7) is 1.58. The zero-order valence-corrected chi connectivity index (χ0v) is 14.5. The summed E-state index contributed by atoms with van der Waals surface area (Å²) in [5.74, 6) is 0.972. The summed E-state index contributed by atoms with van der Waals surface area (Å²) >= 11 is 0. The van der Waals surface area contributed by atoms with Gasteiger partial charge in [-0.2, -0.15) is 0 Å². The molecule has 0 radical (unpaired) electrons. The van der Waals surface area contributed by atoms with Crippen molar-refractivity contribution >= 4 is 22.8 Å². The Hall–Kier alpha value is -2.95. The number of carbonyl (C=O) groups is 1. The summed E-state index contributed by atoms with van der Waals surface area (Å²) in [7, 11) is 0. The Bertz CT molecular complexity index is 958. The van der Waals surface area contributed by atoms with Crippen LogP contribution in [0.5, 0.6) is 0 Å². The number of rotatable bonds is 3. The average molecular weight is 344 g/mol. The van der Waals surface area contributed by atoms with Crippen molar-refractivity contribution in [2.24, 2.45) is 0 Å². The van der Waals surface area contributed by atoms with E-state index < -0.39 is 0 Å². The number of benzene rings is 2. The van der Waals surface area contributed by atoms with Gasteiger partial charge in [-0.05, 0) is 18.1 Å². The molecule has 1 aromatic heterocycles. The Morgan fingerprint density at radius 1 is 1.00 bits per heavy atom. The van der Waals surface area contributed by atoms with Crippen molar-refractivity contribution in [2.75, 3.05) is 11.4 Å². The molecule has 0 aliphatic carbocycles. The van der Waals surface area contributed by atoms with Crippen molar-refractivity contribution in [1.82, 2.24) is 14.9 Å². The zero-order chi connectivity index (χ0) is 17.5. The molecule has 0 N–H and O–H groups in total. The largest absolute Gasteiger partial charge is 0.335 e. The molecular formula is C21H20N4O. The number of aromatic nitrogens is 2. The summed E-state index contributed by atoms with van der Waals surface area (Å²) in [5.41, 5.74) is 2.13. The topological polar surface area (TPSA) is 49.3 Å². The SMILES string of the molecule is O=C1C[C@H]2[C@H](CCN2c2ncc3ccccc3n2)N1Cc1ccccc1. The molecule has 2 fully saturated rings. The van der Waals surface area contributed by atoms with Gasteiger partial charge in [0.25, 0.3) is 0 Å². The van der Waals surface area contributed by atoms with Gasteiger partial charge >= 0.3 is 0 Å². The Kier molecular flexibility index (Phi) is 3.59. The third-order valence-electron chi connectivity index (χ3n) is 5.54. The molecule has 0 unspecified atom stereocenters.